The Hall–Kier alpha value is -4.07. The highest BCUT2D eigenvalue weighted by Crippen LogP contribution is 2.27. The third kappa shape index (κ3) is 9.79. The summed E-state index contributed by atoms with van der Waals surface area (Å²) in [6.07, 6.45) is 4.41. The maximum absolute atomic E-state index is 12.4. The molecule has 0 atom stereocenters. The molecule has 0 unspecified atom stereocenters. The van der Waals surface area contributed by atoms with Crippen molar-refractivity contribution >= 4 is 41.7 Å². The van der Waals surface area contributed by atoms with Crippen molar-refractivity contribution in [3.05, 3.63) is 34.9 Å². The van der Waals surface area contributed by atoms with Crippen molar-refractivity contribution in [1.82, 2.24) is 25.0 Å². The van der Waals surface area contributed by atoms with E-state index in [2.05, 4.69) is 20.7 Å². The summed E-state index contributed by atoms with van der Waals surface area (Å²) in [4.78, 5) is 59.4. The zero-order valence-corrected chi connectivity index (χ0v) is 25.9. The minimum atomic E-state index is -0.703. The van der Waals surface area contributed by atoms with E-state index in [1.165, 1.54) is 22.2 Å². The Morgan fingerprint density at radius 1 is 1.12 bits per heavy atom. The van der Waals surface area contributed by atoms with Gasteiger partial charge in [-0.15, -0.1) is 0 Å². The topological polar surface area (TPSA) is 157 Å². The van der Waals surface area contributed by atoms with Crippen LogP contribution in [0.1, 0.15) is 61.3 Å². The predicted molar refractivity (Wildman–Crippen MR) is 158 cm³/mol. The van der Waals surface area contributed by atoms with Gasteiger partial charge in [0.15, 0.2) is 0 Å². The van der Waals surface area contributed by atoms with Crippen LogP contribution in [0.3, 0.4) is 0 Å². The molecule has 3 rings (SSSR count). The van der Waals surface area contributed by atoms with E-state index in [1.54, 1.807) is 37.8 Å². The van der Waals surface area contributed by atoms with Gasteiger partial charge in [-0.1, -0.05) is 17.4 Å². The quantitative estimate of drug-likeness (QED) is 0.452. The highest BCUT2D eigenvalue weighted by molar-refractivity contribution is 7.12. The molecule has 14 heteroatoms. The average Bonchev–Trinajstić information content (AvgIpc) is 3.32. The molecule has 0 saturated carbocycles. The molecule has 1 aliphatic heterocycles. The van der Waals surface area contributed by atoms with E-state index >= 15 is 0 Å². The number of nitrogens with one attached hydrogen (secondary N) is 2. The van der Waals surface area contributed by atoms with Crippen molar-refractivity contribution < 1.29 is 28.7 Å². The Morgan fingerprint density at radius 3 is 2.38 bits per heavy atom. The van der Waals surface area contributed by atoms with Crippen LogP contribution in [0.2, 0.25) is 0 Å². The molecule has 2 aromatic heterocycles. The SMILES string of the molecule is C/C=C(\N=c1sc(-c2ccnc(NC(=O)CNC(=O)OC(C)(C)C)c2)nn1C=O)C1CCN(C(=O)OC(C)(C)C)CC1. The number of allylic oxidation sites excluding steroid dienone is 2. The minimum absolute atomic E-state index is 0.108. The number of carbonyl (C=O) groups is 4. The molecule has 13 nitrogen and oxygen atoms in total. The Kier molecular flexibility index (Phi) is 10.6. The number of hydrogen-bond acceptors (Lipinski definition) is 10. The van der Waals surface area contributed by atoms with Crippen LogP contribution >= 0.6 is 11.3 Å². The van der Waals surface area contributed by atoms with E-state index in [0.717, 1.165) is 5.70 Å². The zero-order chi connectivity index (χ0) is 31.1. The highest BCUT2D eigenvalue weighted by atomic mass is 32.1. The zero-order valence-electron chi connectivity index (χ0n) is 25.1. The van der Waals surface area contributed by atoms with Crippen molar-refractivity contribution in [2.75, 3.05) is 25.0 Å². The molecule has 3 heterocycles. The minimum Gasteiger partial charge on any atom is -0.444 e. The average molecular weight is 602 g/mol. The number of alkyl carbamates (subject to hydrolysis) is 1. The Labute approximate surface area is 249 Å². The number of ether oxygens (including phenoxy) is 2. The van der Waals surface area contributed by atoms with E-state index in [-0.39, 0.29) is 24.4 Å². The van der Waals surface area contributed by atoms with Crippen LogP contribution in [0.25, 0.3) is 10.6 Å². The number of rotatable bonds is 7. The molecule has 1 fully saturated rings. The smallest absolute Gasteiger partial charge is 0.410 e. The van der Waals surface area contributed by atoms with Gasteiger partial charge in [-0.3, -0.25) is 9.59 Å². The number of pyridine rings is 1. The van der Waals surface area contributed by atoms with Gasteiger partial charge in [0, 0.05) is 36.5 Å². The Morgan fingerprint density at radius 2 is 1.79 bits per heavy atom. The second-order valence-electron chi connectivity index (χ2n) is 11.6. The van der Waals surface area contributed by atoms with Crippen molar-refractivity contribution in [3.63, 3.8) is 0 Å². The Bertz CT molecular complexity index is 1390. The van der Waals surface area contributed by atoms with E-state index in [0.29, 0.717) is 47.7 Å². The fourth-order valence-electron chi connectivity index (χ4n) is 4.03. The van der Waals surface area contributed by atoms with Crippen molar-refractivity contribution in [2.24, 2.45) is 10.9 Å². The van der Waals surface area contributed by atoms with Crippen molar-refractivity contribution in [3.8, 4) is 10.6 Å². The maximum Gasteiger partial charge on any atom is 0.410 e. The lowest BCUT2D eigenvalue weighted by Crippen LogP contribution is -2.42. The first kappa shape index (κ1) is 32.4. The number of amides is 3. The Balaban J connectivity index is 1.69. The van der Waals surface area contributed by atoms with Crippen LogP contribution < -0.4 is 15.4 Å². The second kappa shape index (κ2) is 13.7. The molecule has 0 bridgehead atoms. The fourth-order valence-corrected chi connectivity index (χ4v) is 4.90. The number of aromatic nitrogens is 3. The van der Waals surface area contributed by atoms with E-state index in [4.69, 9.17) is 14.5 Å². The normalized spacial score (nSPS) is 15.3. The summed E-state index contributed by atoms with van der Waals surface area (Å²) in [5.74, 6) is -0.129. The van der Waals surface area contributed by atoms with E-state index < -0.39 is 23.2 Å². The van der Waals surface area contributed by atoms with Gasteiger partial charge in [0.1, 0.15) is 28.6 Å². The first-order valence-electron chi connectivity index (χ1n) is 13.6. The van der Waals surface area contributed by atoms with Gasteiger partial charge < -0.3 is 25.0 Å². The van der Waals surface area contributed by atoms with Crippen LogP contribution in [-0.4, -0.2) is 75.0 Å². The number of likely N-dealkylation sites (tertiary alicyclic amines) is 1. The van der Waals surface area contributed by atoms with Crippen molar-refractivity contribution in [1.29, 1.82) is 0 Å². The molecule has 2 N–H and O–H groups in total. The lowest BCUT2D eigenvalue weighted by Gasteiger charge is -2.33. The summed E-state index contributed by atoms with van der Waals surface area (Å²) in [5, 5.41) is 9.90. The van der Waals surface area contributed by atoms with Crippen LogP contribution in [0.15, 0.2) is 35.1 Å². The number of hydrogen-bond donors (Lipinski definition) is 2. The van der Waals surface area contributed by atoms with Crippen LogP contribution in [0, 0.1) is 5.92 Å². The summed E-state index contributed by atoms with van der Waals surface area (Å²) >= 11 is 1.22. The summed E-state index contributed by atoms with van der Waals surface area (Å²) in [5.41, 5.74) is 0.199. The van der Waals surface area contributed by atoms with Gasteiger partial charge >= 0.3 is 12.2 Å². The molecule has 0 aromatic carbocycles. The van der Waals surface area contributed by atoms with Crippen LogP contribution in [0.4, 0.5) is 15.4 Å². The van der Waals surface area contributed by atoms with Gasteiger partial charge in [-0.05, 0) is 73.4 Å². The molecule has 0 radical (unpaired) electrons. The van der Waals surface area contributed by atoms with Crippen LogP contribution in [0.5, 0.6) is 0 Å². The van der Waals surface area contributed by atoms with Crippen LogP contribution in [-0.2, 0) is 19.1 Å². The van der Waals surface area contributed by atoms with Gasteiger partial charge in [0.25, 0.3) is 0 Å². The summed E-state index contributed by atoms with van der Waals surface area (Å²) in [6.45, 7) is 13.4. The van der Waals surface area contributed by atoms with Gasteiger partial charge in [0.05, 0.1) is 0 Å². The molecular weight excluding hydrogens is 562 g/mol. The van der Waals surface area contributed by atoms with E-state index in [9.17, 15) is 19.2 Å². The number of piperidine rings is 1. The molecule has 2 aromatic rings. The van der Waals surface area contributed by atoms with Gasteiger partial charge in [-0.2, -0.15) is 9.78 Å². The summed E-state index contributed by atoms with van der Waals surface area (Å²) in [6, 6.07) is 3.32. The monoisotopic (exact) mass is 601 g/mol. The molecule has 228 valence electrons. The highest BCUT2D eigenvalue weighted by Gasteiger charge is 2.28. The summed E-state index contributed by atoms with van der Waals surface area (Å²) < 4.78 is 11.8. The summed E-state index contributed by atoms with van der Waals surface area (Å²) in [7, 11) is 0. The lowest BCUT2D eigenvalue weighted by molar-refractivity contribution is -0.115. The molecule has 0 aliphatic carbocycles. The van der Waals surface area contributed by atoms with Crippen molar-refractivity contribution in [2.45, 2.75) is 72.5 Å². The number of anilines is 1. The molecule has 1 aliphatic rings. The molecule has 1 saturated heterocycles. The fraction of sp³-hybridized carbons (Fsp3) is 0.536. The lowest BCUT2D eigenvalue weighted by atomic mass is 9.93. The van der Waals surface area contributed by atoms with Gasteiger partial charge in [-0.25, -0.2) is 19.6 Å². The predicted octanol–water partition coefficient (Wildman–Crippen LogP) is 3.96. The molecule has 3 amide bonds. The molecular formula is C28H39N7O6S. The third-order valence-corrected chi connectivity index (χ3v) is 6.81. The largest absolute Gasteiger partial charge is 0.444 e. The molecule has 0 spiro atoms. The van der Waals surface area contributed by atoms with Gasteiger partial charge in [0.2, 0.25) is 17.1 Å². The molecule has 42 heavy (non-hydrogen) atoms. The first-order valence-corrected chi connectivity index (χ1v) is 14.5. The standard InChI is InChI=1S/C28H39N7O6S/c1-8-20(18-10-13-34(14-11-18)26(39)41-28(5,6)7)31-24-35(17-36)33-23(42-24)19-9-12-29-21(15-19)32-22(37)16-30-25(38)40-27(2,3)4/h8-9,12,15,17-18H,10-11,13-14,16H2,1-7H3,(H,30,38)(H,29,32,37)/b20-8-,31-24?. The maximum atomic E-state index is 12.4. The third-order valence-electron chi connectivity index (χ3n) is 5.83. The number of carbonyl (C=O) groups excluding carboxylic acids is 4. The second-order valence-corrected chi connectivity index (χ2v) is 12.6. The number of nitrogens with zero attached hydrogens (tertiary/aromatic N) is 5. The van der Waals surface area contributed by atoms with E-state index in [1.807, 2.05) is 33.8 Å². The first-order chi connectivity index (χ1) is 19.7.